The molecule has 0 spiro atoms. The van der Waals surface area contributed by atoms with Gasteiger partial charge in [-0.05, 0) is 31.9 Å². The van der Waals surface area contributed by atoms with Gasteiger partial charge in [-0.1, -0.05) is 11.6 Å². The lowest BCUT2D eigenvalue weighted by atomic mass is 10.00. The van der Waals surface area contributed by atoms with Crippen molar-refractivity contribution in [2.45, 2.75) is 26.3 Å². The van der Waals surface area contributed by atoms with Gasteiger partial charge >= 0.3 is 0 Å². The molecule has 0 aliphatic carbocycles. The highest BCUT2D eigenvalue weighted by Gasteiger charge is 2.23. The number of nitro benzene ring substituents is 1. The molecule has 1 heterocycles. The Bertz CT molecular complexity index is 487. The summed E-state index contributed by atoms with van der Waals surface area (Å²) in [4.78, 5) is 10.3. The van der Waals surface area contributed by atoms with Crippen LogP contribution in [0.15, 0.2) is 12.1 Å². The molecule has 1 aliphatic heterocycles. The topological polar surface area (TPSA) is 64.4 Å². The number of benzene rings is 1. The van der Waals surface area contributed by atoms with Crippen LogP contribution in [0, 0.1) is 23.0 Å². The van der Waals surface area contributed by atoms with Gasteiger partial charge in [-0.2, -0.15) is 0 Å². The van der Waals surface area contributed by atoms with Gasteiger partial charge in [0.15, 0.2) is 0 Å². The van der Waals surface area contributed by atoms with Crippen molar-refractivity contribution in [2.75, 3.05) is 18.5 Å². The van der Waals surface area contributed by atoms with E-state index in [2.05, 4.69) is 12.2 Å². The van der Waals surface area contributed by atoms with Crippen molar-refractivity contribution in [1.82, 2.24) is 0 Å². The minimum atomic E-state index is -0.465. The van der Waals surface area contributed by atoms with Gasteiger partial charge in [-0.3, -0.25) is 10.1 Å². The summed E-state index contributed by atoms with van der Waals surface area (Å²) in [5, 5.41) is 14.3. The van der Waals surface area contributed by atoms with Gasteiger partial charge in [0.05, 0.1) is 11.5 Å². The summed E-state index contributed by atoms with van der Waals surface area (Å²) >= 11 is 5.93. The number of rotatable bonds is 4. The van der Waals surface area contributed by atoms with Crippen LogP contribution in [0.4, 0.5) is 11.4 Å². The van der Waals surface area contributed by atoms with E-state index in [-0.39, 0.29) is 16.8 Å². The monoisotopic (exact) mass is 284 g/mol. The Morgan fingerprint density at radius 2 is 2.32 bits per heavy atom. The number of nitro groups is 1. The van der Waals surface area contributed by atoms with Crippen LogP contribution < -0.4 is 5.32 Å². The molecule has 0 aromatic heterocycles. The van der Waals surface area contributed by atoms with Crippen molar-refractivity contribution in [2.24, 2.45) is 5.92 Å². The quantitative estimate of drug-likeness (QED) is 0.680. The summed E-state index contributed by atoms with van der Waals surface area (Å²) in [5.74, 6) is 0.466. The highest BCUT2D eigenvalue weighted by molar-refractivity contribution is 6.33. The fourth-order valence-electron chi connectivity index (χ4n) is 2.27. The second kappa shape index (κ2) is 5.75. The van der Waals surface area contributed by atoms with Crippen LogP contribution in [0.3, 0.4) is 0 Å². The third-order valence-electron chi connectivity index (χ3n) is 3.55. The molecule has 2 rings (SSSR count). The van der Waals surface area contributed by atoms with E-state index in [0.717, 1.165) is 30.9 Å². The lowest BCUT2D eigenvalue weighted by Crippen LogP contribution is -2.26. The Balaban J connectivity index is 2.16. The van der Waals surface area contributed by atoms with E-state index in [9.17, 15) is 10.1 Å². The molecule has 0 amide bonds. The minimum Gasteiger partial charge on any atom is -0.382 e. The van der Waals surface area contributed by atoms with Crippen molar-refractivity contribution in [1.29, 1.82) is 0 Å². The Labute approximate surface area is 117 Å². The van der Waals surface area contributed by atoms with Gasteiger partial charge in [0.25, 0.3) is 5.69 Å². The van der Waals surface area contributed by atoms with Crippen LogP contribution in [-0.2, 0) is 4.74 Å². The first kappa shape index (κ1) is 14.1. The molecule has 1 aromatic rings. The largest absolute Gasteiger partial charge is 0.382 e. The molecule has 0 saturated carbocycles. The number of ether oxygens (including phenoxy) is 1. The van der Waals surface area contributed by atoms with Crippen LogP contribution in [0.2, 0.25) is 5.02 Å². The van der Waals surface area contributed by atoms with Gasteiger partial charge in [-0.15, -0.1) is 0 Å². The molecule has 104 valence electrons. The van der Waals surface area contributed by atoms with Crippen LogP contribution in [0.25, 0.3) is 0 Å². The summed E-state index contributed by atoms with van der Waals surface area (Å²) in [6.45, 7) is 5.49. The number of nitrogens with zero attached hydrogens (tertiary/aromatic N) is 1. The Morgan fingerprint density at radius 3 is 2.89 bits per heavy atom. The first-order valence-corrected chi connectivity index (χ1v) is 6.65. The predicted molar refractivity (Wildman–Crippen MR) is 74.9 cm³/mol. The molecule has 1 aliphatic rings. The van der Waals surface area contributed by atoms with Crippen LogP contribution in [0.5, 0.6) is 0 Å². The molecule has 6 heteroatoms. The van der Waals surface area contributed by atoms with Crippen LogP contribution in [0.1, 0.15) is 18.9 Å². The van der Waals surface area contributed by atoms with Crippen LogP contribution >= 0.6 is 11.6 Å². The summed E-state index contributed by atoms with van der Waals surface area (Å²) < 4.78 is 5.37. The van der Waals surface area contributed by atoms with Crippen molar-refractivity contribution in [3.05, 3.63) is 32.8 Å². The molecule has 2 atom stereocenters. The normalized spacial score (nSPS) is 20.3. The zero-order valence-corrected chi connectivity index (χ0v) is 11.7. The van der Waals surface area contributed by atoms with Gasteiger partial charge in [0.1, 0.15) is 5.02 Å². The maximum absolute atomic E-state index is 10.8. The number of hydrogen-bond acceptors (Lipinski definition) is 4. The van der Waals surface area contributed by atoms with Gasteiger partial charge in [0, 0.05) is 30.3 Å². The summed E-state index contributed by atoms with van der Waals surface area (Å²) in [6.07, 6.45) is 1.04. The Morgan fingerprint density at radius 1 is 1.58 bits per heavy atom. The number of halogens is 1. The highest BCUT2D eigenvalue weighted by Crippen LogP contribution is 2.31. The third kappa shape index (κ3) is 3.16. The van der Waals surface area contributed by atoms with E-state index < -0.39 is 4.92 Å². The molecular formula is C13H17ClN2O3. The lowest BCUT2D eigenvalue weighted by Gasteiger charge is -2.21. The highest BCUT2D eigenvalue weighted by atomic mass is 35.5. The predicted octanol–water partition coefficient (Wildman–Crippen LogP) is 3.39. The number of anilines is 1. The van der Waals surface area contributed by atoms with E-state index >= 15 is 0 Å². The molecule has 0 bridgehead atoms. The van der Waals surface area contributed by atoms with E-state index in [0.29, 0.717) is 5.92 Å². The van der Waals surface area contributed by atoms with E-state index in [1.807, 2.05) is 6.92 Å². The maximum atomic E-state index is 10.8. The molecule has 1 aromatic carbocycles. The number of aryl methyl sites for hydroxylation is 1. The Kier molecular flexibility index (Phi) is 4.27. The zero-order valence-electron chi connectivity index (χ0n) is 11.0. The maximum Gasteiger partial charge on any atom is 0.288 e. The standard InChI is InChI=1S/C13H17ClN2O3/c1-8-5-13(16(17)18)11(14)6-12(8)15-9(2)10-3-4-19-7-10/h5-6,9-10,15H,3-4,7H2,1-2H3. The summed E-state index contributed by atoms with van der Waals surface area (Å²) in [6, 6.07) is 3.38. The molecule has 0 radical (unpaired) electrons. The van der Waals surface area contributed by atoms with Crippen LogP contribution in [-0.4, -0.2) is 24.2 Å². The average molecular weight is 285 g/mol. The van der Waals surface area contributed by atoms with Gasteiger partial charge in [-0.25, -0.2) is 0 Å². The van der Waals surface area contributed by atoms with Crippen molar-refractivity contribution >= 4 is 23.0 Å². The molecule has 1 N–H and O–H groups in total. The number of nitrogens with one attached hydrogen (secondary N) is 1. The zero-order chi connectivity index (χ0) is 14.0. The van der Waals surface area contributed by atoms with Gasteiger partial charge in [0.2, 0.25) is 0 Å². The molecule has 5 nitrogen and oxygen atoms in total. The summed E-state index contributed by atoms with van der Waals surface area (Å²) in [5.41, 5.74) is 1.61. The molecule has 19 heavy (non-hydrogen) atoms. The summed E-state index contributed by atoms with van der Waals surface area (Å²) in [7, 11) is 0. The smallest absolute Gasteiger partial charge is 0.288 e. The first-order chi connectivity index (χ1) is 8.99. The van der Waals surface area contributed by atoms with Crippen molar-refractivity contribution in [3.63, 3.8) is 0 Å². The SMILES string of the molecule is Cc1cc([N+](=O)[O-])c(Cl)cc1NC(C)C1CCOC1. The molecule has 1 fully saturated rings. The minimum absolute atomic E-state index is 0.0541. The first-order valence-electron chi connectivity index (χ1n) is 6.28. The molecule has 1 saturated heterocycles. The van der Waals surface area contributed by atoms with Crippen molar-refractivity contribution in [3.8, 4) is 0 Å². The third-order valence-corrected chi connectivity index (χ3v) is 3.85. The fourth-order valence-corrected chi connectivity index (χ4v) is 2.50. The van der Waals surface area contributed by atoms with E-state index in [1.54, 1.807) is 6.07 Å². The van der Waals surface area contributed by atoms with Crippen molar-refractivity contribution < 1.29 is 9.66 Å². The fraction of sp³-hybridized carbons (Fsp3) is 0.538. The van der Waals surface area contributed by atoms with E-state index in [4.69, 9.17) is 16.3 Å². The Hall–Kier alpha value is -1.33. The second-order valence-electron chi connectivity index (χ2n) is 4.93. The number of hydrogen-bond donors (Lipinski definition) is 1. The van der Waals surface area contributed by atoms with E-state index in [1.165, 1.54) is 6.07 Å². The molecule has 2 unspecified atom stereocenters. The average Bonchev–Trinajstić information content (AvgIpc) is 2.86. The molecular weight excluding hydrogens is 268 g/mol. The lowest BCUT2D eigenvalue weighted by molar-refractivity contribution is -0.384. The second-order valence-corrected chi connectivity index (χ2v) is 5.34. The van der Waals surface area contributed by atoms with Gasteiger partial charge < -0.3 is 10.1 Å².